The van der Waals surface area contributed by atoms with Crippen LogP contribution in [0.3, 0.4) is 0 Å². The Kier molecular flexibility index (Phi) is 8.19. The molecule has 0 aromatic heterocycles. The maximum atomic E-state index is 15.7. The highest BCUT2D eigenvalue weighted by Crippen LogP contribution is 2.79. The number of aliphatic hydroxyl groups excluding tert-OH is 5. The van der Waals surface area contributed by atoms with Gasteiger partial charge in [-0.3, -0.25) is 9.59 Å². The lowest BCUT2D eigenvalue weighted by atomic mass is 9.41. The van der Waals surface area contributed by atoms with Crippen LogP contribution in [0.4, 0.5) is 0 Å². The van der Waals surface area contributed by atoms with Crippen LogP contribution in [0.15, 0.2) is 111 Å². The number of ketones is 2. The van der Waals surface area contributed by atoms with Gasteiger partial charge in [-0.1, -0.05) is 70.1 Å². The van der Waals surface area contributed by atoms with Crippen molar-refractivity contribution < 1.29 is 49.7 Å². The predicted molar refractivity (Wildman–Crippen MR) is 240 cm³/mol. The zero-order valence-electron chi connectivity index (χ0n) is 35.5. The van der Waals surface area contributed by atoms with Crippen molar-refractivity contribution in [2.24, 2.45) is 46.3 Å². The highest BCUT2D eigenvalue weighted by molar-refractivity contribution is 8.77. The Labute approximate surface area is 383 Å². The number of hydrogen-bond donors (Lipinski definition) is 8. The van der Waals surface area contributed by atoms with Crippen molar-refractivity contribution in [3.05, 3.63) is 134 Å². The van der Waals surface area contributed by atoms with Crippen molar-refractivity contribution in [1.29, 1.82) is 0 Å². The first-order valence-corrected chi connectivity index (χ1v) is 25.6. The Morgan fingerprint density at radius 3 is 2.68 bits per heavy atom. The van der Waals surface area contributed by atoms with Crippen molar-refractivity contribution in [3.8, 4) is 5.75 Å². The molecule has 2 aromatic carbocycles. The molecule has 12 nitrogen and oxygen atoms in total. The average Bonchev–Trinajstić information content (AvgIpc) is 3.85. The second kappa shape index (κ2) is 13.3. The normalized spacial score (nSPS) is 43.2. The van der Waals surface area contributed by atoms with Gasteiger partial charge >= 0.3 is 0 Å². The first-order valence-electron chi connectivity index (χ1n) is 23.2. The Hall–Kier alpha value is -4.12. The third kappa shape index (κ3) is 4.69. The third-order valence-electron chi connectivity index (χ3n) is 18.3. The van der Waals surface area contributed by atoms with Gasteiger partial charge in [-0.05, 0) is 125 Å². The summed E-state index contributed by atoms with van der Waals surface area (Å²) in [5.41, 5.74) is 3.60. The summed E-state index contributed by atoms with van der Waals surface area (Å²) < 4.78 is 13.3. The summed E-state index contributed by atoms with van der Waals surface area (Å²) in [6.07, 6.45) is 5.47. The van der Waals surface area contributed by atoms with Gasteiger partial charge in [0, 0.05) is 34.8 Å². The number of ether oxygens (including phenoxy) is 2. The van der Waals surface area contributed by atoms with E-state index in [0.717, 1.165) is 48.2 Å². The first-order chi connectivity index (χ1) is 31.5. The van der Waals surface area contributed by atoms with E-state index in [1.54, 1.807) is 41.1 Å². The number of carbonyl (C=O) groups is 2. The molecule has 15 aliphatic rings. The maximum Gasteiger partial charge on any atom is 0.229 e. The lowest BCUT2D eigenvalue weighted by Crippen LogP contribution is -2.81. The maximum absolute atomic E-state index is 15.7. The molecule has 9 aliphatic carbocycles. The minimum Gasteiger partial charge on any atom is -0.511 e. The summed E-state index contributed by atoms with van der Waals surface area (Å²) in [4.78, 5) is 30.8. The van der Waals surface area contributed by atoms with Crippen LogP contribution in [-0.2, 0) is 17.8 Å². The van der Waals surface area contributed by atoms with Gasteiger partial charge in [0.25, 0.3) is 0 Å². The number of fused-ring (bicyclic) bond motifs is 1. The number of carbonyl (C=O) groups excluding carboxylic acids is 2. The number of allylic oxidation sites excluding steroid dienone is 9. The smallest absolute Gasteiger partial charge is 0.229 e. The van der Waals surface area contributed by atoms with Gasteiger partial charge in [-0.25, -0.2) is 0 Å². The molecule has 0 unspecified atom stereocenters. The van der Waals surface area contributed by atoms with E-state index >= 15 is 9.59 Å². The van der Waals surface area contributed by atoms with Crippen molar-refractivity contribution in [2.45, 2.75) is 86.6 Å². The van der Waals surface area contributed by atoms with Crippen molar-refractivity contribution in [3.63, 3.8) is 0 Å². The van der Waals surface area contributed by atoms with Crippen molar-refractivity contribution in [1.82, 2.24) is 10.6 Å². The number of aliphatic hydroxyl groups is 6. The molecule has 336 valence electrons. The number of hydrogen-bond acceptors (Lipinski definition) is 14. The quantitative estimate of drug-likeness (QED) is 0.194. The Morgan fingerprint density at radius 1 is 0.985 bits per heavy atom. The van der Waals surface area contributed by atoms with Gasteiger partial charge in [0.2, 0.25) is 6.29 Å². The van der Waals surface area contributed by atoms with E-state index in [4.69, 9.17) is 9.47 Å². The van der Waals surface area contributed by atoms with E-state index in [9.17, 15) is 30.6 Å². The molecule has 17 rings (SSSR count). The summed E-state index contributed by atoms with van der Waals surface area (Å²) in [5, 5.41) is 80.6. The van der Waals surface area contributed by atoms with E-state index in [1.165, 1.54) is 38.7 Å². The van der Waals surface area contributed by atoms with E-state index in [2.05, 4.69) is 16.7 Å². The Balaban J connectivity index is 0.976. The molecular weight excluding hydrogens is 865 g/mol. The van der Waals surface area contributed by atoms with Gasteiger partial charge in [-0.2, -0.15) is 0 Å². The monoisotopic (exact) mass is 914 g/mol. The van der Waals surface area contributed by atoms with E-state index in [-0.39, 0.29) is 76.2 Å². The van der Waals surface area contributed by atoms with Crippen LogP contribution in [0.5, 0.6) is 5.75 Å². The van der Waals surface area contributed by atoms with Crippen molar-refractivity contribution >= 4 is 33.2 Å². The molecule has 5 fully saturated rings. The van der Waals surface area contributed by atoms with Crippen LogP contribution < -0.4 is 15.4 Å². The zero-order chi connectivity index (χ0) is 44.1. The molecular formula is C51H50N2O10S2. The van der Waals surface area contributed by atoms with Gasteiger partial charge in [-0.15, -0.1) is 0 Å². The topological polar surface area (TPSA) is 198 Å². The van der Waals surface area contributed by atoms with Gasteiger partial charge in [0.15, 0.2) is 11.6 Å². The van der Waals surface area contributed by atoms with E-state index in [0.29, 0.717) is 25.0 Å². The van der Waals surface area contributed by atoms with Crippen LogP contribution in [0.1, 0.15) is 70.4 Å². The SMILES string of the molecule is O=C1c2cccc3c2C(=O)[C@]2(CSS[C@H]4NC5=C6C7=C4CC=C7[C@H]4CC[C@H]7C[C@@H]8C[C@@H]9C[C@]%10(CO)O[C@@H](O3)[C@H](O)[C@@](O)([C@@H]%10O)[C@@H]9[C@@]74C6=C8CN5)C(O)=CC(Cc3cccc(CO)c3)=C[C@H]12. The number of benzene rings is 2. The highest BCUT2D eigenvalue weighted by Gasteiger charge is 2.79. The van der Waals surface area contributed by atoms with Gasteiger partial charge in [0.05, 0.1) is 24.7 Å². The number of dihydropyridines is 2. The second-order valence-corrected chi connectivity index (χ2v) is 23.3. The van der Waals surface area contributed by atoms with E-state index in [1.807, 2.05) is 24.3 Å². The molecule has 4 saturated carbocycles. The molecule has 14 atom stereocenters. The molecule has 65 heavy (non-hydrogen) atoms. The molecule has 2 spiro atoms. The number of Topliss-reactive ketones (excluding diaryl/α,β-unsaturated/α-hetero) is 2. The first kappa shape index (κ1) is 40.0. The summed E-state index contributed by atoms with van der Waals surface area (Å²) >= 11 is 0. The van der Waals surface area contributed by atoms with Crippen molar-refractivity contribution in [2.75, 3.05) is 18.9 Å². The molecule has 6 aliphatic heterocycles. The fourth-order valence-electron chi connectivity index (χ4n) is 16.1. The lowest BCUT2D eigenvalue weighted by molar-refractivity contribution is -0.393. The molecule has 14 heteroatoms. The summed E-state index contributed by atoms with van der Waals surface area (Å²) in [6, 6.07) is 12.2. The third-order valence-corrected chi connectivity index (χ3v) is 21.0. The standard InChI is InChI=1S/C51H50N2O10S2/c54-19-23-4-1-3-22(11-23)12-24-13-33-40(57)29-5-2-6-34-37(29)42(58)49(33,35(56)14-24)21-64-65-45-30-9-8-28-32-10-7-27-16-25-15-26-17-48(20-55)47(60)51(61,43(59)46(62-34)63-48)41(26)50(27,32)39-31(25)18-52-44(53-45)38(39)36(28)30/h1-6,8,11,13-14,25-27,32-33,41,43,45-47,52-56,59-61H,7,9-10,12,15-21H2/t25-,26+,27-,32+,33+,41-,43-,45+,46+,47+,48+,49-,50-,51+/m0/s1. The van der Waals surface area contributed by atoms with Crippen LogP contribution in [0.25, 0.3) is 0 Å². The molecule has 15 bridgehead atoms. The molecule has 0 radical (unpaired) electrons. The van der Waals surface area contributed by atoms with E-state index < -0.39 is 64.8 Å². The van der Waals surface area contributed by atoms with Crippen LogP contribution >= 0.6 is 21.6 Å². The molecule has 1 saturated heterocycles. The van der Waals surface area contributed by atoms with Crippen LogP contribution in [0, 0.1) is 46.3 Å². The fourth-order valence-corrected chi connectivity index (χ4v) is 19.1. The minimum atomic E-state index is -2.21. The average molecular weight is 915 g/mol. The predicted octanol–water partition coefficient (Wildman–Crippen LogP) is 4.85. The summed E-state index contributed by atoms with van der Waals surface area (Å²) in [5.74, 6) is -1.68. The molecule has 0 amide bonds. The minimum absolute atomic E-state index is 0.0418. The Morgan fingerprint density at radius 2 is 1.83 bits per heavy atom. The fraction of sp³-hybridized carbons (Fsp3) is 0.490. The molecule has 6 heterocycles. The summed E-state index contributed by atoms with van der Waals surface area (Å²) in [7, 11) is 3.05. The summed E-state index contributed by atoms with van der Waals surface area (Å²) in [6.45, 7) is -0.141. The number of nitrogens with one attached hydrogen (secondary N) is 2. The van der Waals surface area contributed by atoms with Gasteiger partial charge < -0.3 is 50.7 Å². The highest BCUT2D eigenvalue weighted by atomic mass is 33.1. The zero-order valence-corrected chi connectivity index (χ0v) is 37.1. The largest absolute Gasteiger partial charge is 0.511 e. The molecule has 2 aromatic rings. The lowest BCUT2D eigenvalue weighted by Gasteiger charge is -2.67. The number of rotatable bonds is 4. The van der Waals surface area contributed by atoms with Gasteiger partial charge in [0.1, 0.15) is 51.5 Å². The molecule has 8 N–H and O–H groups in total. The Bertz CT molecular complexity index is 2790. The van der Waals surface area contributed by atoms with Crippen LogP contribution in [0.2, 0.25) is 0 Å². The van der Waals surface area contributed by atoms with Crippen LogP contribution in [-0.4, -0.2) is 96.2 Å². The second-order valence-electron chi connectivity index (χ2n) is 20.8.